The van der Waals surface area contributed by atoms with Crippen molar-refractivity contribution in [2.24, 2.45) is 5.92 Å². The van der Waals surface area contributed by atoms with Gasteiger partial charge in [-0.25, -0.2) is 9.97 Å². The third kappa shape index (κ3) is 3.27. The Morgan fingerprint density at radius 3 is 2.69 bits per heavy atom. The van der Waals surface area contributed by atoms with Gasteiger partial charge in [0.05, 0.1) is 19.5 Å². The normalized spacial score (nSPS) is 17.1. The first-order valence-corrected chi connectivity index (χ1v) is 6.71. The second-order valence-corrected chi connectivity index (χ2v) is 5.11. The van der Waals surface area contributed by atoms with Crippen LogP contribution in [0.25, 0.3) is 0 Å². The Morgan fingerprint density at radius 1 is 1.38 bits per heavy atom. The van der Waals surface area contributed by atoms with E-state index < -0.39 is 0 Å². The molecule has 0 saturated carbocycles. The summed E-state index contributed by atoms with van der Waals surface area (Å²) >= 11 is 2.05. The fourth-order valence-electron chi connectivity index (χ4n) is 1.70. The molecule has 0 aliphatic carbocycles. The van der Waals surface area contributed by atoms with Gasteiger partial charge in [0.25, 0.3) is 0 Å². The zero-order chi connectivity index (χ0) is 11.2. The monoisotopic (exact) mass is 239 g/mol. The summed E-state index contributed by atoms with van der Waals surface area (Å²) < 4.78 is 5.01. The van der Waals surface area contributed by atoms with E-state index in [2.05, 4.69) is 15.3 Å². The van der Waals surface area contributed by atoms with Crippen molar-refractivity contribution < 1.29 is 4.74 Å². The number of ether oxygens (including phenoxy) is 1. The molecule has 1 fully saturated rings. The van der Waals surface area contributed by atoms with Crippen molar-refractivity contribution in [1.29, 1.82) is 0 Å². The number of hydrogen-bond donors (Lipinski definition) is 1. The molecular weight excluding hydrogens is 222 g/mol. The Hall–Kier alpha value is -0.970. The second kappa shape index (κ2) is 5.94. The summed E-state index contributed by atoms with van der Waals surface area (Å²) in [5, 5.41) is 3.28. The highest BCUT2D eigenvalue weighted by atomic mass is 32.2. The molecule has 4 nitrogen and oxygen atoms in total. The van der Waals surface area contributed by atoms with Crippen LogP contribution in [-0.2, 0) is 0 Å². The van der Waals surface area contributed by atoms with Gasteiger partial charge in [0.1, 0.15) is 0 Å². The molecule has 1 aromatic rings. The van der Waals surface area contributed by atoms with Gasteiger partial charge in [0, 0.05) is 6.54 Å². The van der Waals surface area contributed by atoms with Gasteiger partial charge < -0.3 is 10.1 Å². The van der Waals surface area contributed by atoms with Crippen LogP contribution in [0.4, 0.5) is 5.95 Å². The molecule has 0 radical (unpaired) electrons. The first-order chi connectivity index (χ1) is 7.88. The highest BCUT2D eigenvalue weighted by molar-refractivity contribution is 7.99. The van der Waals surface area contributed by atoms with E-state index in [1.54, 1.807) is 19.5 Å². The smallest absolute Gasteiger partial charge is 0.222 e. The molecule has 0 amide bonds. The highest BCUT2D eigenvalue weighted by Gasteiger charge is 2.13. The maximum atomic E-state index is 5.01. The van der Waals surface area contributed by atoms with Crippen LogP contribution in [-0.4, -0.2) is 35.1 Å². The number of nitrogens with one attached hydrogen (secondary N) is 1. The van der Waals surface area contributed by atoms with Crippen molar-refractivity contribution in [3.8, 4) is 5.75 Å². The quantitative estimate of drug-likeness (QED) is 0.871. The number of methoxy groups -OCH3 is 1. The number of nitrogens with zero attached hydrogens (tertiary/aromatic N) is 2. The third-order valence-electron chi connectivity index (χ3n) is 2.75. The molecular formula is C11H17N3OS. The number of hydrogen-bond acceptors (Lipinski definition) is 5. The molecule has 0 atom stereocenters. The Labute approximate surface area is 100 Å². The average molecular weight is 239 g/mol. The van der Waals surface area contributed by atoms with Crippen molar-refractivity contribution in [2.75, 3.05) is 30.5 Å². The van der Waals surface area contributed by atoms with Crippen molar-refractivity contribution in [2.45, 2.75) is 12.8 Å². The number of aromatic nitrogens is 2. The maximum absolute atomic E-state index is 5.01. The van der Waals surface area contributed by atoms with Crippen LogP contribution in [0, 0.1) is 5.92 Å². The Bertz CT molecular complexity index is 312. The molecule has 0 aromatic carbocycles. The van der Waals surface area contributed by atoms with Gasteiger partial charge in [0.2, 0.25) is 5.95 Å². The molecule has 1 aliphatic heterocycles. The van der Waals surface area contributed by atoms with Gasteiger partial charge in [-0.15, -0.1) is 0 Å². The number of rotatable bonds is 4. The van der Waals surface area contributed by atoms with Gasteiger partial charge in [0.15, 0.2) is 5.75 Å². The molecule has 1 aliphatic rings. The molecule has 2 rings (SSSR count). The van der Waals surface area contributed by atoms with Crippen LogP contribution in [0.5, 0.6) is 5.75 Å². The Kier molecular flexibility index (Phi) is 4.27. The van der Waals surface area contributed by atoms with Crippen LogP contribution < -0.4 is 10.1 Å². The number of anilines is 1. The molecule has 0 bridgehead atoms. The van der Waals surface area contributed by atoms with Crippen LogP contribution in [0.2, 0.25) is 0 Å². The largest absolute Gasteiger partial charge is 0.494 e. The van der Waals surface area contributed by atoms with Gasteiger partial charge in [-0.1, -0.05) is 0 Å². The fourth-order valence-corrected chi connectivity index (χ4v) is 2.90. The van der Waals surface area contributed by atoms with Crippen molar-refractivity contribution >= 4 is 17.7 Å². The minimum Gasteiger partial charge on any atom is -0.494 e. The summed E-state index contributed by atoms with van der Waals surface area (Å²) in [5.41, 5.74) is 0. The lowest BCUT2D eigenvalue weighted by atomic mass is 10.0. The van der Waals surface area contributed by atoms with Crippen LogP contribution in [0.1, 0.15) is 12.8 Å². The van der Waals surface area contributed by atoms with Gasteiger partial charge in [-0.2, -0.15) is 11.8 Å². The first-order valence-electron chi connectivity index (χ1n) is 5.56. The molecule has 0 spiro atoms. The lowest BCUT2D eigenvalue weighted by Crippen LogP contribution is -2.20. The van der Waals surface area contributed by atoms with E-state index in [0.717, 1.165) is 12.5 Å². The Balaban J connectivity index is 1.79. The summed E-state index contributed by atoms with van der Waals surface area (Å²) in [6, 6.07) is 0. The fraction of sp³-hybridized carbons (Fsp3) is 0.636. The van der Waals surface area contributed by atoms with Crippen molar-refractivity contribution in [1.82, 2.24) is 9.97 Å². The molecule has 88 valence electrons. The molecule has 5 heteroatoms. The van der Waals surface area contributed by atoms with E-state index in [0.29, 0.717) is 11.7 Å². The molecule has 1 aromatic heterocycles. The van der Waals surface area contributed by atoms with Crippen molar-refractivity contribution in [3.63, 3.8) is 0 Å². The molecule has 2 heterocycles. The molecule has 1 saturated heterocycles. The zero-order valence-corrected chi connectivity index (χ0v) is 10.3. The lowest BCUT2D eigenvalue weighted by Gasteiger charge is -2.21. The van der Waals surface area contributed by atoms with Crippen LogP contribution >= 0.6 is 11.8 Å². The van der Waals surface area contributed by atoms with E-state index in [9.17, 15) is 0 Å². The van der Waals surface area contributed by atoms with E-state index in [1.807, 2.05) is 11.8 Å². The second-order valence-electron chi connectivity index (χ2n) is 3.88. The predicted molar refractivity (Wildman–Crippen MR) is 67.1 cm³/mol. The Morgan fingerprint density at radius 2 is 2.06 bits per heavy atom. The van der Waals surface area contributed by atoms with Crippen LogP contribution in [0.15, 0.2) is 12.4 Å². The number of thioether (sulfide) groups is 1. The molecule has 0 unspecified atom stereocenters. The summed E-state index contributed by atoms with van der Waals surface area (Å²) in [4.78, 5) is 8.36. The topological polar surface area (TPSA) is 47.0 Å². The van der Waals surface area contributed by atoms with Gasteiger partial charge in [-0.05, 0) is 30.3 Å². The summed E-state index contributed by atoms with van der Waals surface area (Å²) in [6.45, 7) is 0.979. The summed E-state index contributed by atoms with van der Waals surface area (Å²) in [6.07, 6.45) is 5.97. The van der Waals surface area contributed by atoms with E-state index >= 15 is 0 Å². The van der Waals surface area contributed by atoms with Gasteiger partial charge >= 0.3 is 0 Å². The summed E-state index contributed by atoms with van der Waals surface area (Å²) in [7, 11) is 1.62. The first kappa shape index (κ1) is 11.5. The van der Waals surface area contributed by atoms with Crippen LogP contribution in [0.3, 0.4) is 0 Å². The minimum absolute atomic E-state index is 0.694. The average Bonchev–Trinajstić information content (AvgIpc) is 2.38. The molecule has 16 heavy (non-hydrogen) atoms. The summed E-state index contributed by atoms with van der Waals surface area (Å²) in [5.74, 6) is 4.73. The van der Waals surface area contributed by atoms with E-state index in [-0.39, 0.29) is 0 Å². The minimum atomic E-state index is 0.694. The van der Waals surface area contributed by atoms with E-state index in [1.165, 1.54) is 24.3 Å². The lowest BCUT2D eigenvalue weighted by molar-refractivity contribution is 0.411. The van der Waals surface area contributed by atoms with Gasteiger partial charge in [-0.3, -0.25) is 0 Å². The van der Waals surface area contributed by atoms with Crippen molar-refractivity contribution in [3.05, 3.63) is 12.4 Å². The zero-order valence-electron chi connectivity index (χ0n) is 9.48. The maximum Gasteiger partial charge on any atom is 0.222 e. The molecule has 1 N–H and O–H groups in total. The predicted octanol–water partition coefficient (Wildman–Crippen LogP) is 2.04. The third-order valence-corrected chi connectivity index (χ3v) is 3.80. The highest BCUT2D eigenvalue weighted by Crippen LogP contribution is 2.22. The van der Waals surface area contributed by atoms with E-state index in [4.69, 9.17) is 4.74 Å². The standard InChI is InChI=1S/C11H17N3OS/c1-15-10-7-13-11(14-8-10)12-6-9-2-4-16-5-3-9/h7-9H,2-6H2,1H3,(H,12,13,14). The SMILES string of the molecule is COc1cnc(NCC2CCSCC2)nc1.